The average Bonchev–Trinajstić information content (AvgIpc) is 2.99. The minimum atomic E-state index is 0.143. The van der Waals surface area contributed by atoms with Gasteiger partial charge in [0.25, 0.3) is 0 Å². The Morgan fingerprint density at radius 3 is 2.61 bits per heavy atom. The van der Waals surface area contributed by atoms with Gasteiger partial charge in [-0.15, -0.1) is 10.2 Å². The number of hydrogen-bond donors (Lipinski definition) is 1. The molecule has 0 spiro atoms. The molecular weight excluding hydrogens is 228 g/mol. The van der Waals surface area contributed by atoms with Crippen LogP contribution in [0.4, 0.5) is 0 Å². The number of tetrazole rings is 1. The SMILES string of the molecule is CN1CCC(C2(c3nnn(C)n3)CCNCC2)C1. The lowest BCUT2D eigenvalue weighted by Gasteiger charge is -2.39. The van der Waals surface area contributed by atoms with Gasteiger partial charge >= 0.3 is 0 Å². The Bertz CT molecular complexity index is 408. The highest BCUT2D eigenvalue weighted by molar-refractivity contribution is 5.12. The van der Waals surface area contributed by atoms with Crippen LogP contribution in [-0.4, -0.2) is 58.3 Å². The molecular formula is C12H22N6. The van der Waals surface area contributed by atoms with E-state index in [1.54, 1.807) is 4.80 Å². The van der Waals surface area contributed by atoms with E-state index in [0.29, 0.717) is 5.92 Å². The van der Waals surface area contributed by atoms with Crippen molar-refractivity contribution in [3.63, 3.8) is 0 Å². The van der Waals surface area contributed by atoms with Gasteiger partial charge in [-0.3, -0.25) is 0 Å². The zero-order chi connectivity index (χ0) is 12.6. The van der Waals surface area contributed by atoms with E-state index in [0.717, 1.165) is 38.3 Å². The Balaban J connectivity index is 1.92. The lowest BCUT2D eigenvalue weighted by atomic mass is 9.68. The van der Waals surface area contributed by atoms with Crippen molar-refractivity contribution in [1.82, 2.24) is 30.4 Å². The molecule has 6 nitrogen and oxygen atoms in total. The molecule has 0 bridgehead atoms. The van der Waals surface area contributed by atoms with Crippen molar-refractivity contribution in [2.45, 2.75) is 24.7 Å². The highest BCUT2D eigenvalue weighted by Crippen LogP contribution is 2.42. The number of rotatable bonds is 2. The molecule has 0 radical (unpaired) electrons. The molecule has 100 valence electrons. The molecule has 2 fully saturated rings. The summed E-state index contributed by atoms with van der Waals surface area (Å²) < 4.78 is 0. The fourth-order valence-electron chi connectivity index (χ4n) is 3.56. The van der Waals surface area contributed by atoms with E-state index in [1.807, 2.05) is 7.05 Å². The first-order chi connectivity index (χ1) is 8.71. The van der Waals surface area contributed by atoms with Gasteiger partial charge in [0, 0.05) is 12.0 Å². The molecule has 3 rings (SSSR count). The number of aryl methyl sites for hydroxylation is 1. The van der Waals surface area contributed by atoms with Gasteiger partial charge in [0.1, 0.15) is 0 Å². The Hall–Kier alpha value is -1.01. The van der Waals surface area contributed by atoms with Crippen LogP contribution >= 0.6 is 0 Å². The molecule has 1 aromatic heterocycles. The van der Waals surface area contributed by atoms with Crippen LogP contribution < -0.4 is 5.32 Å². The molecule has 2 aliphatic rings. The number of likely N-dealkylation sites (tertiary alicyclic amines) is 1. The predicted octanol–water partition coefficient (Wildman–Crippen LogP) is -0.217. The standard InChI is InChI=1S/C12H22N6/c1-17-8-3-10(9-17)12(4-6-13-7-5-12)11-14-16-18(2)15-11/h10,13H,3-9H2,1-2H3. The number of hydrogen-bond acceptors (Lipinski definition) is 5. The predicted molar refractivity (Wildman–Crippen MR) is 68.2 cm³/mol. The summed E-state index contributed by atoms with van der Waals surface area (Å²) in [5, 5.41) is 16.4. The molecule has 1 N–H and O–H groups in total. The molecule has 0 amide bonds. The Morgan fingerprint density at radius 1 is 1.28 bits per heavy atom. The molecule has 2 aliphatic heterocycles. The quantitative estimate of drug-likeness (QED) is 0.786. The lowest BCUT2D eigenvalue weighted by molar-refractivity contribution is 0.190. The second-order valence-electron chi connectivity index (χ2n) is 5.76. The van der Waals surface area contributed by atoms with E-state index in [9.17, 15) is 0 Å². The molecule has 1 unspecified atom stereocenters. The van der Waals surface area contributed by atoms with Crippen molar-refractivity contribution in [2.24, 2.45) is 13.0 Å². The van der Waals surface area contributed by atoms with Crippen LogP contribution in [0.15, 0.2) is 0 Å². The summed E-state index contributed by atoms with van der Waals surface area (Å²) in [5.74, 6) is 1.64. The smallest absolute Gasteiger partial charge is 0.181 e. The second kappa shape index (κ2) is 4.59. The molecule has 6 heteroatoms. The van der Waals surface area contributed by atoms with Gasteiger partial charge in [-0.2, -0.15) is 4.80 Å². The van der Waals surface area contributed by atoms with E-state index < -0.39 is 0 Å². The van der Waals surface area contributed by atoms with E-state index in [-0.39, 0.29) is 5.41 Å². The van der Waals surface area contributed by atoms with Crippen LogP contribution in [0.1, 0.15) is 25.1 Å². The average molecular weight is 250 g/mol. The summed E-state index contributed by atoms with van der Waals surface area (Å²) in [6.07, 6.45) is 3.53. The van der Waals surface area contributed by atoms with Crippen LogP contribution in [0, 0.1) is 5.92 Å². The number of piperidine rings is 1. The topological polar surface area (TPSA) is 58.9 Å². The Morgan fingerprint density at radius 2 is 2.06 bits per heavy atom. The van der Waals surface area contributed by atoms with E-state index in [4.69, 9.17) is 0 Å². The van der Waals surface area contributed by atoms with E-state index in [1.165, 1.54) is 13.0 Å². The Labute approximate surface area is 108 Å². The summed E-state index contributed by atoms with van der Waals surface area (Å²) in [5.41, 5.74) is 0.143. The lowest BCUT2D eigenvalue weighted by Crippen LogP contribution is -2.46. The van der Waals surface area contributed by atoms with Gasteiger partial charge in [-0.25, -0.2) is 0 Å². The van der Waals surface area contributed by atoms with Crippen molar-refractivity contribution in [2.75, 3.05) is 33.2 Å². The molecule has 0 saturated carbocycles. The third-order valence-electron chi connectivity index (χ3n) is 4.62. The first kappa shape index (κ1) is 12.0. The van der Waals surface area contributed by atoms with Gasteiger partial charge in [-0.05, 0) is 57.1 Å². The van der Waals surface area contributed by atoms with Crippen LogP contribution in [0.5, 0.6) is 0 Å². The Kier molecular flexibility index (Phi) is 3.07. The summed E-state index contributed by atoms with van der Waals surface area (Å²) in [6.45, 7) is 4.50. The molecule has 1 atom stereocenters. The van der Waals surface area contributed by atoms with Crippen LogP contribution in [0.3, 0.4) is 0 Å². The van der Waals surface area contributed by atoms with Crippen LogP contribution in [0.2, 0.25) is 0 Å². The molecule has 3 heterocycles. The molecule has 0 aliphatic carbocycles. The summed E-state index contributed by atoms with van der Waals surface area (Å²) in [7, 11) is 4.06. The maximum absolute atomic E-state index is 4.52. The minimum absolute atomic E-state index is 0.143. The highest BCUT2D eigenvalue weighted by Gasteiger charge is 2.46. The summed E-state index contributed by atoms with van der Waals surface area (Å²) in [6, 6.07) is 0. The number of aromatic nitrogens is 4. The monoisotopic (exact) mass is 250 g/mol. The molecule has 2 saturated heterocycles. The van der Waals surface area contributed by atoms with Gasteiger partial charge < -0.3 is 10.2 Å². The largest absolute Gasteiger partial charge is 0.317 e. The van der Waals surface area contributed by atoms with Crippen molar-refractivity contribution in [1.29, 1.82) is 0 Å². The third-order valence-corrected chi connectivity index (χ3v) is 4.62. The maximum Gasteiger partial charge on any atom is 0.181 e. The molecule has 0 aromatic carbocycles. The first-order valence-electron chi connectivity index (χ1n) is 6.84. The zero-order valence-corrected chi connectivity index (χ0v) is 11.3. The van der Waals surface area contributed by atoms with Gasteiger partial charge in [0.2, 0.25) is 0 Å². The molecule has 1 aromatic rings. The summed E-state index contributed by atoms with van der Waals surface area (Å²) in [4.78, 5) is 4.02. The van der Waals surface area contributed by atoms with Gasteiger partial charge in [0.15, 0.2) is 5.82 Å². The van der Waals surface area contributed by atoms with Gasteiger partial charge in [0.05, 0.1) is 7.05 Å². The fraction of sp³-hybridized carbons (Fsp3) is 0.917. The zero-order valence-electron chi connectivity index (χ0n) is 11.3. The molecule has 18 heavy (non-hydrogen) atoms. The number of nitrogens with zero attached hydrogens (tertiary/aromatic N) is 5. The maximum atomic E-state index is 4.52. The van der Waals surface area contributed by atoms with E-state index >= 15 is 0 Å². The van der Waals surface area contributed by atoms with Crippen molar-refractivity contribution < 1.29 is 0 Å². The van der Waals surface area contributed by atoms with Crippen LogP contribution in [-0.2, 0) is 12.5 Å². The second-order valence-corrected chi connectivity index (χ2v) is 5.76. The van der Waals surface area contributed by atoms with Gasteiger partial charge in [-0.1, -0.05) is 0 Å². The normalized spacial score (nSPS) is 28.7. The van der Waals surface area contributed by atoms with Crippen LogP contribution in [0.25, 0.3) is 0 Å². The fourth-order valence-corrected chi connectivity index (χ4v) is 3.56. The van der Waals surface area contributed by atoms with E-state index in [2.05, 4.69) is 32.7 Å². The van der Waals surface area contributed by atoms with Crippen molar-refractivity contribution in [3.8, 4) is 0 Å². The summed E-state index contributed by atoms with van der Waals surface area (Å²) >= 11 is 0. The van der Waals surface area contributed by atoms with Crippen molar-refractivity contribution in [3.05, 3.63) is 5.82 Å². The minimum Gasteiger partial charge on any atom is -0.317 e. The first-order valence-corrected chi connectivity index (χ1v) is 6.84. The third kappa shape index (κ3) is 1.93. The highest BCUT2D eigenvalue weighted by atomic mass is 15.6. The number of nitrogens with one attached hydrogen (secondary N) is 1. The van der Waals surface area contributed by atoms with Crippen molar-refractivity contribution >= 4 is 0 Å².